The van der Waals surface area contributed by atoms with Gasteiger partial charge in [0.2, 0.25) is 11.8 Å². The summed E-state index contributed by atoms with van der Waals surface area (Å²) in [5.41, 5.74) is 1.93. The molecule has 2 N–H and O–H groups in total. The van der Waals surface area contributed by atoms with Crippen LogP contribution in [0.2, 0.25) is 10.0 Å². The second-order valence-electron chi connectivity index (χ2n) is 6.88. The van der Waals surface area contributed by atoms with E-state index in [1.54, 1.807) is 60.7 Å². The van der Waals surface area contributed by atoms with Gasteiger partial charge in [0.15, 0.2) is 0 Å². The molecule has 160 valence electrons. The summed E-state index contributed by atoms with van der Waals surface area (Å²) in [5, 5.41) is 6.63. The van der Waals surface area contributed by atoms with Crippen molar-refractivity contribution in [3.63, 3.8) is 0 Å². The number of hydrogen-bond donors (Lipinski definition) is 2. The predicted molar refractivity (Wildman–Crippen MR) is 126 cm³/mol. The van der Waals surface area contributed by atoms with Crippen LogP contribution >= 0.6 is 23.2 Å². The van der Waals surface area contributed by atoms with Crippen LogP contribution in [0.3, 0.4) is 0 Å². The first-order valence-corrected chi connectivity index (χ1v) is 10.6. The van der Waals surface area contributed by atoms with Crippen molar-refractivity contribution in [2.45, 2.75) is 26.2 Å². The molecule has 0 aliphatic carbocycles. The molecule has 3 rings (SSSR count). The van der Waals surface area contributed by atoms with Crippen molar-refractivity contribution in [3.8, 4) is 11.3 Å². The second kappa shape index (κ2) is 10.8. The summed E-state index contributed by atoms with van der Waals surface area (Å²) in [4.78, 5) is 24.1. The van der Waals surface area contributed by atoms with Gasteiger partial charge in [0.05, 0.1) is 5.02 Å². The molecular formula is C24H22Cl2N2O3. The van der Waals surface area contributed by atoms with E-state index in [0.29, 0.717) is 44.9 Å². The van der Waals surface area contributed by atoms with Crippen LogP contribution in [0.4, 0.5) is 11.4 Å². The van der Waals surface area contributed by atoms with E-state index >= 15 is 0 Å². The number of halogens is 2. The van der Waals surface area contributed by atoms with Crippen molar-refractivity contribution in [1.29, 1.82) is 0 Å². The zero-order chi connectivity index (χ0) is 22.2. The monoisotopic (exact) mass is 456 g/mol. The van der Waals surface area contributed by atoms with Crippen LogP contribution in [0.25, 0.3) is 17.4 Å². The van der Waals surface area contributed by atoms with E-state index in [4.69, 9.17) is 27.6 Å². The third-order valence-electron chi connectivity index (χ3n) is 4.39. The molecule has 0 spiro atoms. The van der Waals surface area contributed by atoms with Crippen molar-refractivity contribution in [3.05, 3.63) is 76.5 Å². The maximum absolute atomic E-state index is 12.3. The van der Waals surface area contributed by atoms with Gasteiger partial charge in [-0.25, -0.2) is 0 Å². The predicted octanol–water partition coefficient (Wildman–Crippen LogP) is 7.03. The maximum Gasteiger partial charge on any atom is 0.248 e. The molecule has 3 aromatic rings. The Labute approximate surface area is 191 Å². The lowest BCUT2D eigenvalue weighted by molar-refractivity contribution is -0.116. The molecule has 0 aliphatic heterocycles. The zero-order valence-electron chi connectivity index (χ0n) is 17.0. The van der Waals surface area contributed by atoms with Crippen molar-refractivity contribution in [2.75, 3.05) is 10.6 Å². The number of furan rings is 1. The van der Waals surface area contributed by atoms with E-state index in [1.807, 2.05) is 6.92 Å². The third-order valence-corrected chi connectivity index (χ3v) is 4.94. The molecule has 1 heterocycles. The van der Waals surface area contributed by atoms with E-state index in [0.717, 1.165) is 12.8 Å². The lowest BCUT2D eigenvalue weighted by atomic mass is 10.2. The largest absolute Gasteiger partial charge is 0.457 e. The number of carbonyl (C=O) groups is 2. The summed E-state index contributed by atoms with van der Waals surface area (Å²) in [7, 11) is 0. The lowest BCUT2D eigenvalue weighted by Crippen LogP contribution is -2.12. The molecule has 0 aliphatic rings. The summed E-state index contributed by atoms with van der Waals surface area (Å²) in [6.07, 6.45) is 5.21. The smallest absolute Gasteiger partial charge is 0.248 e. The van der Waals surface area contributed by atoms with E-state index in [9.17, 15) is 9.59 Å². The SMILES string of the molecule is CCCCC(=O)Nc1cccc(NC(=O)/C=C/c2ccc(-c3ccc(Cl)cc3Cl)o2)c1. The highest BCUT2D eigenvalue weighted by molar-refractivity contribution is 6.36. The summed E-state index contributed by atoms with van der Waals surface area (Å²) >= 11 is 12.1. The molecule has 1 aromatic heterocycles. The lowest BCUT2D eigenvalue weighted by Gasteiger charge is -2.07. The summed E-state index contributed by atoms with van der Waals surface area (Å²) < 4.78 is 5.74. The molecule has 0 saturated heterocycles. The molecule has 0 saturated carbocycles. The van der Waals surface area contributed by atoms with Gasteiger partial charge >= 0.3 is 0 Å². The van der Waals surface area contributed by atoms with Gasteiger partial charge in [0, 0.05) is 34.5 Å². The van der Waals surface area contributed by atoms with Crippen molar-refractivity contribution < 1.29 is 14.0 Å². The molecule has 0 radical (unpaired) electrons. The molecule has 0 fully saturated rings. The van der Waals surface area contributed by atoms with Crippen LogP contribution < -0.4 is 10.6 Å². The number of hydrogen-bond acceptors (Lipinski definition) is 3. The Balaban J connectivity index is 1.60. The average Bonchev–Trinajstić information content (AvgIpc) is 3.20. The minimum absolute atomic E-state index is 0.0420. The minimum atomic E-state index is -0.322. The van der Waals surface area contributed by atoms with Crippen LogP contribution in [0, 0.1) is 0 Å². The first-order valence-electron chi connectivity index (χ1n) is 9.89. The average molecular weight is 457 g/mol. The van der Waals surface area contributed by atoms with Gasteiger partial charge in [-0.2, -0.15) is 0 Å². The van der Waals surface area contributed by atoms with Crippen LogP contribution in [-0.2, 0) is 9.59 Å². The Morgan fingerprint density at radius 1 is 1.00 bits per heavy atom. The van der Waals surface area contributed by atoms with Crippen molar-refractivity contribution in [2.24, 2.45) is 0 Å². The molecule has 2 aromatic carbocycles. The van der Waals surface area contributed by atoms with Gasteiger partial charge < -0.3 is 15.1 Å². The second-order valence-corrected chi connectivity index (χ2v) is 7.72. The van der Waals surface area contributed by atoms with E-state index in [2.05, 4.69) is 10.6 Å². The standard InChI is InChI=1S/C24H22Cl2N2O3/c1-2-3-7-23(29)27-17-5-4-6-18(15-17)28-24(30)13-10-19-9-12-22(31-19)20-11-8-16(25)14-21(20)26/h4-6,8-15H,2-3,7H2,1H3,(H,27,29)(H,28,30)/b13-10+. The first kappa shape index (κ1) is 22.7. The van der Waals surface area contributed by atoms with Gasteiger partial charge in [0.1, 0.15) is 11.5 Å². The number of nitrogens with one attached hydrogen (secondary N) is 2. The number of amides is 2. The highest BCUT2D eigenvalue weighted by Gasteiger charge is 2.09. The Kier molecular flexibility index (Phi) is 7.93. The molecule has 0 unspecified atom stereocenters. The normalized spacial score (nSPS) is 10.9. The maximum atomic E-state index is 12.3. The highest BCUT2D eigenvalue weighted by Crippen LogP contribution is 2.31. The Morgan fingerprint density at radius 2 is 1.77 bits per heavy atom. The van der Waals surface area contributed by atoms with Crippen LogP contribution in [0.15, 0.2) is 65.1 Å². The number of rotatable bonds is 8. The Hall–Kier alpha value is -3.02. The first-order chi connectivity index (χ1) is 14.9. The van der Waals surface area contributed by atoms with E-state index < -0.39 is 0 Å². The molecule has 5 nitrogen and oxygen atoms in total. The highest BCUT2D eigenvalue weighted by atomic mass is 35.5. The van der Waals surface area contributed by atoms with Crippen molar-refractivity contribution >= 4 is 52.5 Å². The van der Waals surface area contributed by atoms with Gasteiger partial charge in [-0.3, -0.25) is 9.59 Å². The topological polar surface area (TPSA) is 71.3 Å². The van der Waals surface area contributed by atoms with Crippen LogP contribution in [-0.4, -0.2) is 11.8 Å². The number of carbonyl (C=O) groups excluding carboxylic acids is 2. The molecule has 7 heteroatoms. The third kappa shape index (κ3) is 6.74. The molecule has 0 bridgehead atoms. The minimum Gasteiger partial charge on any atom is -0.457 e. The Bertz CT molecular complexity index is 1110. The van der Waals surface area contributed by atoms with Crippen LogP contribution in [0.1, 0.15) is 31.9 Å². The quantitative estimate of drug-likeness (QED) is 0.357. The fourth-order valence-electron chi connectivity index (χ4n) is 2.85. The molecule has 2 amide bonds. The molecule has 31 heavy (non-hydrogen) atoms. The van der Waals surface area contributed by atoms with Crippen molar-refractivity contribution in [1.82, 2.24) is 0 Å². The number of unbranched alkanes of at least 4 members (excludes halogenated alkanes) is 1. The van der Waals surface area contributed by atoms with E-state index in [1.165, 1.54) is 6.08 Å². The number of benzene rings is 2. The van der Waals surface area contributed by atoms with Gasteiger partial charge in [-0.15, -0.1) is 0 Å². The van der Waals surface area contributed by atoms with Crippen LogP contribution in [0.5, 0.6) is 0 Å². The summed E-state index contributed by atoms with van der Waals surface area (Å²) in [5.74, 6) is 0.720. The molecule has 0 atom stereocenters. The zero-order valence-corrected chi connectivity index (χ0v) is 18.5. The van der Waals surface area contributed by atoms with E-state index in [-0.39, 0.29) is 11.8 Å². The van der Waals surface area contributed by atoms with Gasteiger partial charge in [-0.05, 0) is 61.0 Å². The number of anilines is 2. The fraction of sp³-hybridized carbons (Fsp3) is 0.167. The summed E-state index contributed by atoms with van der Waals surface area (Å²) in [6.45, 7) is 2.04. The molecular weight excluding hydrogens is 435 g/mol. The Morgan fingerprint density at radius 3 is 2.52 bits per heavy atom. The van der Waals surface area contributed by atoms with Gasteiger partial charge in [0.25, 0.3) is 0 Å². The van der Waals surface area contributed by atoms with Gasteiger partial charge in [-0.1, -0.05) is 42.6 Å². The fourth-order valence-corrected chi connectivity index (χ4v) is 3.36. The summed E-state index contributed by atoms with van der Waals surface area (Å²) in [6, 6.07) is 15.7.